The third kappa shape index (κ3) is 6.47. The zero-order valence-electron chi connectivity index (χ0n) is 18.0. The molecule has 0 saturated heterocycles. The van der Waals surface area contributed by atoms with Gasteiger partial charge in [0.2, 0.25) is 7.29 Å². The van der Waals surface area contributed by atoms with Crippen LogP contribution in [0, 0.1) is 10.1 Å². The molecule has 0 fully saturated rings. The number of benzene rings is 3. The van der Waals surface area contributed by atoms with Gasteiger partial charge in [0.05, 0.1) is 20.7 Å². The molecule has 0 spiro atoms. The minimum Gasteiger partial charge on any atom is -0.306 e. The number of hydrogen-bond acceptors (Lipinski definition) is 5. The molecule has 0 unspecified atom stereocenters. The van der Waals surface area contributed by atoms with Gasteiger partial charge in [0.15, 0.2) is 5.13 Å². The molecule has 0 aliphatic heterocycles. The van der Waals surface area contributed by atoms with Gasteiger partial charge in [-0.05, 0) is 23.3 Å². The number of hydrogen-bond donors (Lipinski definition) is 1. The lowest BCUT2D eigenvalue weighted by atomic mass is 10.1. The van der Waals surface area contributed by atoms with Crippen LogP contribution in [0.25, 0.3) is 21.3 Å². The average Bonchev–Trinajstić information content (AvgIpc) is 3.33. The Hall–Kier alpha value is -3.22. The fourth-order valence-corrected chi connectivity index (χ4v) is 6.99. The standard InChI is InChI=1S/C25H18Cl2N3O3PS/c26-22(18-7-3-1-4-8-18)15-34(33,16-23(27)19-9-5-2-6-10-19)29-25-28-24(17-35-25)20-11-13-21(14-12-20)30(31)32/h1-17H,(H,28,29,33). The van der Waals surface area contributed by atoms with Crippen molar-refractivity contribution < 1.29 is 9.49 Å². The second-order valence-electron chi connectivity index (χ2n) is 7.35. The maximum atomic E-state index is 14.1. The molecule has 1 heterocycles. The highest BCUT2D eigenvalue weighted by Crippen LogP contribution is 2.54. The number of anilines is 1. The van der Waals surface area contributed by atoms with Crippen LogP contribution >= 0.6 is 41.8 Å². The smallest absolute Gasteiger partial charge is 0.269 e. The third-order valence-corrected chi connectivity index (χ3v) is 8.57. The molecule has 35 heavy (non-hydrogen) atoms. The maximum Gasteiger partial charge on any atom is 0.269 e. The van der Waals surface area contributed by atoms with E-state index in [1.165, 1.54) is 35.1 Å². The Balaban J connectivity index is 1.68. The Morgan fingerprint density at radius 1 is 0.886 bits per heavy atom. The average molecular weight is 542 g/mol. The predicted molar refractivity (Wildman–Crippen MR) is 146 cm³/mol. The molecule has 0 aliphatic carbocycles. The largest absolute Gasteiger partial charge is 0.306 e. The molecule has 0 aliphatic rings. The van der Waals surface area contributed by atoms with Crippen LogP contribution in [0.4, 0.5) is 10.8 Å². The normalized spacial score (nSPS) is 13.8. The summed E-state index contributed by atoms with van der Waals surface area (Å²) in [6, 6.07) is 24.5. The molecule has 4 aromatic rings. The lowest BCUT2D eigenvalue weighted by Crippen LogP contribution is -1.94. The molecule has 0 radical (unpaired) electrons. The van der Waals surface area contributed by atoms with Gasteiger partial charge in [-0.1, -0.05) is 83.9 Å². The summed E-state index contributed by atoms with van der Waals surface area (Å²) in [6.07, 6.45) is 0. The summed E-state index contributed by atoms with van der Waals surface area (Å²) in [7, 11) is -3.46. The van der Waals surface area contributed by atoms with Gasteiger partial charge in [-0.15, -0.1) is 11.3 Å². The van der Waals surface area contributed by atoms with Crippen LogP contribution in [0.2, 0.25) is 0 Å². The van der Waals surface area contributed by atoms with Gasteiger partial charge in [0.25, 0.3) is 5.69 Å². The van der Waals surface area contributed by atoms with E-state index >= 15 is 0 Å². The van der Waals surface area contributed by atoms with Crippen LogP contribution in [-0.2, 0) is 4.57 Å². The SMILES string of the molecule is O=[N+]([O-])c1ccc(-c2csc(NP(=O)(C=C(Cl)c3ccccc3)C=C(Cl)c3ccccc3)n2)cc1. The second-order valence-corrected chi connectivity index (χ2v) is 11.2. The van der Waals surface area contributed by atoms with E-state index in [0.29, 0.717) is 37.6 Å². The van der Waals surface area contributed by atoms with Crippen molar-refractivity contribution in [2.75, 3.05) is 5.09 Å². The summed E-state index contributed by atoms with van der Waals surface area (Å²) in [5, 5.41) is 16.7. The number of non-ortho nitro benzene ring substituents is 1. The van der Waals surface area contributed by atoms with Gasteiger partial charge in [-0.25, -0.2) is 4.98 Å². The molecule has 0 saturated carbocycles. The van der Waals surface area contributed by atoms with Crippen LogP contribution < -0.4 is 5.09 Å². The Kier molecular flexibility index (Phi) is 7.83. The van der Waals surface area contributed by atoms with Gasteiger partial charge < -0.3 is 5.09 Å². The fourth-order valence-electron chi connectivity index (χ4n) is 3.14. The first-order valence-electron chi connectivity index (χ1n) is 10.3. The highest BCUT2D eigenvalue weighted by Gasteiger charge is 2.21. The molecular weight excluding hydrogens is 524 g/mol. The van der Waals surface area contributed by atoms with E-state index < -0.39 is 12.2 Å². The highest BCUT2D eigenvalue weighted by molar-refractivity contribution is 7.72. The lowest BCUT2D eigenvalue weighted by molar-refractivity contribution is -0.384. The number of rotatable bonds is 8. The van der Waals surface area contributed by atoms with E-state index in [1.54, 1.807) is 17.5 Å². The zero-order chi connectivity index (χ0) is 24.8. The molecule has 0 bridgehead atoms. The lowest BCUT2D eigenvalue weighted by Gasteiger charge is -2.13. The quantitative estimate of drug-likeness (QED) is 0.137. The Morgan fingerprint density at radius 3 is 1.89 bits per heavy atom. The minimum atomic E-state index is -3.46. The Morgan fingerprint density at radius 2 is 1.40 bits per heavy atom. The summed E-state index contributed by atoms with van der Waals surface area (Å²) < 4.78 is 14.1. The van der Waals surface area contributed by atoms with Crippen LogP contribution in [-0.4, -0.2) is 9.91 Å². The maximum absolute atomic E-state index is 14.1. The number of aromatic nitrogens is 1. The van der Waals surface area contributed by atoms with Crippen molar-refractivity contribution >= 4 is 62.7 Å². The van der Waals surface area contributed by atoms with E-state index in [4.69, 9.17) is 23.2 Å². The molecule has 3 aromatic carbocycles. The molecule has 0 amide bonds. The number of thiazole rings is 1. The van der Waals surface area contributed by atoms with Crippen molar-refractivity contribution in [1.82, 2.24) is 4.98 Å². The Bertz CT molecular complexity index is 1380. The first kappa shape index (κ1) is 24.9. The van der Waals surface area contributed by atoms with E-state index in [-0.39, 0.29) is 5.69 Å². The zero-order valence-corrected chi connectivity index (χ0v) is 21.3. The first-order chi connectivity index (χ1) is 16.8. The van der Waals surface area contributed by atoms with Crippen molar-refractivity contribution in [1.29, 1.82) is 0 Å². The van der Waals surface area contributed by atoms with Crippen LogP contribution in [0.5, 0.6) is 0 Å². The van der Waals surface area contributed by atoms with Gasteiger partial charge in [-0.3, -0.25) is 14.7 Å². The van der Waals surface area contributed by atoms with Crippen LogP contribution in [0.15, 0.2) is 102 Å². The molecule has 10 heteroatoms. The number of nitro benzene ring substituents is 1. The number of nitro groups is 1. The van der Waals surface area contributed by atoms with Crippen molar-refractivity contribution in [3.8, 4) is 11.3 Å². The van der Waals surface area contributed by atoms with E-state index in [2.05, 4.69) is 10.1 Å². The van der Waals surface area contributed by atoms with Gasteiger partial charge >= 0.3 is 0 Å². The molecule has 6 nitrogen and oxygen atoms in total. The highest BCUT2D eigenvalue weighted by atomic mass is 35.5. The summed E-state index contributed by atoms with van der Waals surface area (Å²) in [5.74, 6) is 2.92. The summed E-state index contributed by atoms with van der Waals surface area (Å²) in [6.45, 7) is 0. The van der Waals surface area contributed by atoms with Gasteiger partial charge in [-0.2, -0.15) is 0 Å². The fraction of sp³-hybridized carbons (Fsp3) is 0. The van der Waals surface area contributed by atoms with Gasteiger partial charge in [0, 0.05) is 34.7 Å². The summed E-state index contributed by atoms with van der Waals surface area (Å²) >= 11 is 14.3. The topological polar surface area (TPSA) is 85.1 Å². The van der Waals surface area contributed by atoms with Crippen LogP contribution in [0.3, 0.4) is 0 Å². The number of nitrogens with one attached hydrogen (secondary N) is 1. The van der Waals surface area contributed by atoms with Crippen molar-refractivity contribution in [3.05, 3.63) is 123 Å². The van der Waals surface area contributed by atoms with Gasteiger partial charge in [0.1, 0.15) is 0 Å². The van der Waals surface area contributed by atoms with E-state index in [9.17, 15) is 14.7 Å². The molecule has 4 rings (SSSR count). The number of nitrogens with zero attached hydrogens (tertiary/aromatic N) is 2. The van der Waals surface area contributed by atoms with E-state index in [0.717, 1.165) is 0 Å². The minimum absolute atomic E-state index is 0.00629. The molecule has 176 valence electrons. The summed E-state index contributed by atoms with van der Waals surface area (Å²) in [4.78, 5) is 15.0. The third-order valence-electron chi connectivity index (χ3n) is 4.86. The molecule has 1 N–H and O–H groups in total. The predicted octanol–water partition coefficient (Wildman–Crippen LogP) is 8.88. The first-order valence-corrected chi connectivity index (χ1v) is 13.8. The van der Waals surface area contributed by atoms with Crippen molar-refractivity contribution in [3.63, 3.8) is 0 Å². The monoisotopic (exact) mass is 541 g/mol. The second kappa shape index (κ2) is 11.0. The molecular formula is C25H18Cl2N3O3PS. The Labute approximate surface area is 216 Å². The van der Waals surface area contributed by atoms with Crippen molar-refractivity contribution in [2.45, 2.75) is 0 Å². The molecule has 0 atom stereocenters. The van der Waals surface area contributed by atoms with Crippen molar-refractivity contribution in [2.24, 2.45) is 0 Å². The van der Waals surface area contributed by atoms with E-state index in [1.807, 2.05) is 60.7 Å². The number of halogens is 2. The van der Waals surface area contributed by atoms with Crippen LogP contribution in [0.1, 0.15) is 11.1 Å². The molecule has 1 aromatic heterocycles. The summed E-state index contributed by atoms with van der Waals surface area (Å²) in [5.41, 5.74) is 2.71.